The van der Waals surface area contributed by atoms with E-state index >= 15 is 0 Å². The van der Waals surface area contributed by atoms with E-state index in [1.807, 2.05) is 12.1 Å². The Hall–Kier alpha value is -2.42. The van der Waals surface area contributed by atoms with Crippen molar-refractivity contribution in [2.45, 2.75) is 12.0 Å². The van der Waals surface area contributed by atoms with Crippen LogP contribution in [0.3, 0.4) is 0 Å². The Balaban J connectivity index is 1.52. The van der Waals surface area contributed by atoms with Gasteiger partial charge in [-0.05, 0) is 65.1 Å². The zero-order chi connectivity index (χ0) is 22.0. The lowest BCUT2D eigenvalue weighted by Crippen LogP contribution is -2.43. The Kier molecular flexibility index (Phi) is 6.31. The van der Waals surface area contributed by atoms with Gasteiger partial charge < -0.3 is 14.7 Å². The lowest BCUT2D eigenvalue weighted by molar-refractivity contribution is -0.135. The molecule has 158 valence electrons. The topological polar surface area (TPSA) is 66.8 Å². The number of carbonyl (C=O) groups excluding carboxylic acids is 2. The molecule has 7 heteroatoms. The molecule has 0 aromatic heterocycles. The van der Waals surface area contributed by atoms with Gasteiger partial charge in [-0.3, -0.25) is 9.59 Å². The summed E-state index contributed by atoms with van der Waals surface area (Å²) in [6.45, 7) is 0.460. The van der Waals surface area contributed by atoms with Crippen LogP contribution in [0.5, 0.6) is 5.75 Å². The largest absolute Gasteiger partial charge is 0.492 e. The first-order valence-corrected chi connectivity index (χ1v) is 11.1. The molecule has 5 nitrogen and oxygen atoms in total. The van der Waals surface area contributed by atoms with Gasteiger partial charge in [-0.15, -0.1) is 0 Å². The van der Waals surface area contributed by atoms with E-state index in [1.165, 1.54) is 4.90 Å². The molecule has 0 fully saturated rings. The second kappa shape index (κ2) is 8.98. The van der Waals surface area contributed by atoms with Crippen LogP contribution in [0.15, 0.2) is 72.8 Å². The van der Waals surface area contributed by atoms with Crippen LogP contribution in [0, 0.1) is 3.57 Å². The molecule has 1 aliphatic rings. The first-order chi connectivity index (χ1) is 14.9. The predicted octanol–water partition coefficient (Wildman–Crippen LogP) is 4.83. The van der Waals surface area contributed by atoms with Gasteiger partial charge in [0.15, 0.2) is 11.4 Å². The highest BCUT2D eigenvalue weighted by Gasteiger charge is 2.50. The number of amides is 1. The molecule has 0 radical (unpaired) electrons. The average molecular weight is 548 g/mol. The summed E-state index contributed by atoms with van der Waals surface area (Å²) in [5.74, 6) is -0.179. The molecule has 0 saturated heterocycles. The zero-order valence-corrected chi connectivity index (χ0v) is 19.3. The molecule has 1 heterocycles. The van der Waals surface area contributed by atoms with Crippen molar-refractivity contribution in [1.29, 1.82) is 0 Å². The van der Waals surface area contributed by atoms with Crippen LogP contribution in [-0.4, -0.2) is 29.9 Å². The van der Waals surface area contributed by atoms with E-state index in [0.29, 0.717) is 27.6 Å². The minimum absolute atomic E-state index is 0.225. The van der Waals surface area contributed by atoms with Crippen molar-refractivity contribution in [3.8, 4) is 5.75 Å². The van der Waals surface area contributed by atoms with E-state index in [0.717, 1.165) is 3.57 Å². The highest BCUT2D eigenvalue weighted by molar-refractivity contribution is 14.1. The molecular formula is C24H19ClINO4. The number of halogens is 2. The maximum absolute atomic E-state index is 13.2. The van der Waals surface area contributed by atoms with Crippen molar-refractivity contribution in [2.24, 2.45) is 0 Å². The normalized spacial score (nSPS) is 17.5. The van der Waals surface area contributed by atoms with Crippen molar-refractivity contribution in [2.75, 3.05) is 18.1 Å². The van der Waals surface area contributed by atoms with Gasteiger partial charge in [0.2, 0.25) is 0 Å². The Morgan fingerprint density at radius 1 is 1.03 bits per heavy atom. The minimum Gasteiger partial charge on any atom is -0.492 e. The maximum atomic E-state index is 13.2. The van der Waals surface area contributed by atoms with Gasteiger partial charge in [0.1, 0.15) is 12.4 Å². The summed E-state index contributed by atoms with van der Waals surface area (Å²) >= 11 is 8.04. The zero-order valence-electron chi connectivity index (χ0n) is 16.4. The molecule has 0 aliphatic carbocycles. The number of hydrogen-bond donors (Lipinski definition) is 1. The van der Waals surface area contributed by atoms with Crippen LogP contribution >= 0.6 is 34.2 Å². The minimum atomic E-state index is -1.91. The number of hydrogen-bond acceptors (Lipinski definition) is 4. The Morgan fingerprint density at radius 3 is 2.42 bits per heavy atom. The summed E-state index contributed by atoms with van der Waals surface area (Å²) in [7, 11) is 0. The summed E-state index contributed by atoms with van der Waals surface area (Å²) in [5, 5.41) is 12.0. The van der Waals surface area contributed by atoms with Crippen LogP contribution in [0.4, 0.5) is 5.69 Å². The van der Waals surface area contributed by atoms with Crippen molar-refractivity contribution in [3.05, 3.63) is 92.5 Å². The molecule has 4 rings (SSSR count). The molecule has 3 aromatic carbocycles. The second-order valence-corrected chi connectivity index (χ2v) is 8.93. The number of nitrogens with zero attached hydrogens (tertiary/aromatic N) is 1. The molecule has 1 aliphatic heterocycles. The fourth-order valence-electron chi connectivity index (χ4n) is 3.66. The lowest BCUT2D eigenvalue weighted by atomic mass is 9.88. The average Bonchev–Trinajstić information content (AvgIpc) is 2.97. The number of benzene rings is 3. The number of ether oxygens (including phenoxy) is 1. The van der Waals surface area contributed by atoms with Crippen LogP contribution < -0.4 is 9.64 Å². The summed E-state index contributed by atoms with van der Waals surface area (Å²) in [6, 6.07) is 21.0. The number of anilines is 1. The van der Waals surface area contributed by atoms with E-state index in [-0.39, 0.29) is 25.4 Å². The third-order valence-corrected chi connectivity index (χ3v) is 6.19. The first kappa shape index (κ1) is 21.8. The Labute approximate surface area is 198 Å². The third kappa shape index (κ3) is 4.46. The van der Waals surface area contributed by atoms with E-state index in [4.69, 9.17) is 16.3 Å². The summed E-state index contributed by atoms with van der Waals surface area (Å²) in [5.41, 5.74) is -0.421. The van der Waals surface area contributed by atoms with Gasteiger partial charge >= 0.3 is 0 Å². The molecule has 31 heavy (non-hydrogen) atoms. The number of rotatable bonds is 7. The Morgan fingerprint density at radius 2 is 1.71 bits per heavy atom. The lowest BCUT2D eigenvalue weighted by Gasteiger charge is -2.23. The number of Topliss-reactive ketones (excluding diaryl/α,β-unsaturated/α-hetero) is 1. The van der Waals surface area contributed by atoms with Gasteiger partial charge in [-0.25, -0.2) is 0 Å². The van der Waals surface area contributed by atoms with E-state index < -0.39 is 11.5 Å². The molecule has 1 unspecified atom stereocenters. The SMILES string of the molecule is O=C(CC1(O)C(=O)N(CCOc2ccc(Cl)cc2)c2ccccc21)c1ccc(I)cc1. The van der Waals surface area contributed by atoms with Gasteiger partial charge in [-0.1, -0.05) is 41.9 Å². The molecule has 3 aromatic rings. The highest BCUT2D eigenvalue weighted by Crippen LogP contribution is 2.42. The summed E-state index contributed by atoms with van der Waals surface area (Å²) in [4.78, 5) is 27.6. The van der Waals surface area contributed by atoms with Crippen molar-refractivity contribution >= 4 is 51.6 Å². The van der Waals surface area contributed by atoms with Gasteiger partial charge in [0, 0.05) is 19.7 Å². The van der Waals surface area contributed by atoms with Crippen molar-refractivity contribution in [3.63, 3.8) is 0 Å². The van der Waals surface area contributed by atoms with E-state index in [1.54, 1.807) is 60.7 Å². The highest BCUT2D eigenvalue weighted by atomic mass is 127. The number of ketones is 1. The molecule has 1 atom stereocenters. The second-order valence-electron chi connectivity index (χ2n) is 7.24. The van der Waals surface area contributed by atoms with Crippen LogP contribution in [-0.2, 0) is 10.4 Å². The fourth-order valence-corrected chi connectivity index (χ4v) is 4.14. The van der Waals surface area contributed by atoms with Crippen LogP contribution in [0.2, 0.25) is 5.02 Å². The van der Waals surface area contributed by atoms with E-state index in [2.05, 4.69) is 22.6 Å². The molecule has 1 N–H and O–H groups in total. The van der Waals surface area contributed by atoms with Crippen molar-refractivity contribution < 1.29 is 19.4 Å². The maximum Gasteiger partial charge on any atom is 0.264 e. The molecule has 0 saturated carbocycles. The monoisotopic (exact) mass is 547 g/mol. The molecule has 1 amide bonds. The van der Waals surface area contributed by atoms with Crippen LogP contribution in [0.25, 0.3) is 0 Å². The van der Waals surface area contributed by atoms with Gasteiger partial charge in [0.05, 0.1) is 18.7 Å². The standard InChI is InChI=1S/C24H19ClINO4/c25-17-7-11-19(12-8-17)31-14-13-27-21-4-2-1-3-20(21)24(30,23(27)29)15-22(28)16-5-9-18(26)10-6-16/h1-12,30H,13-15H2. The van der Waals surface area contributed by atoms with Gasteiger partial charge in [0.25, 0.3) is 5.91 Å². The molecular weight excluding hydrogens is 529 g/mol. The first-order valence-electron chi connectivity index (χ1n) is 9.69. The molecule has 0 bridgehead atoms. The number of carbonyl (C=O) groups is 2. The summed E-state index contributed by atoms with van der Waals surface area (Å²) in [6.07, 6.45) is -0.321. The van der Waals surface area contributed by atoms with E-state index in [9.17, 15) is 14.7 Å². The van der Waals surface area contributed by atoms with Crippen molar-refractivity contribution in [1.82, 2.24) is 0 Å². The Bertz CT molecular complexity index is 1120. The fraction of sp³-hybridized carbons (Fsp3) is 0.167. The number of aliphatic hydroxyl groups is 1. The van der Waals surface area contributed by atoms with Crippen LogP contribution in [0.1, 0.15) is 22.3 Å². The smallest absolute Gasteiger partial charge is 0.264 e. The quantitative estimate of drug-likeness (QED) is 0.340. The number of fused-ring (bicyclic) bond motifs is 1. The predicted molar refractivity (Wildman–Crippen MR) is 128 cm³/mol. The summed E-state index contributed by atoms with van der Waals surface area (Å²) < 4.78 is 6.72. The van der Waals surface area contributed by atoms with Gasteiger partial charge in [-0.2, -0.15) is 0 Å². The molecule has 0 spiro atoms. The number of para-hydroxylation sites is 1. The third-order valence-electron chi connectivity index (χ3n) is 5.22.